The van der Waals surface area contributed by atoms with E-state index in [1.165, 1.54) is 0 Å². The average molecular weight is 294 g/mol. The third kappa shape index (κ3) is 2.04. The van der Waals surface area contributed by atoms with Crippen LogP contribution < -0.4 is 5.73 Å². The van der Waals surface area contributed by atoms with Crippen LogP contribution in [0, 0.1) is 0 Å². The van der Waals surface area contributed by atoms with Crippen molar-refractivity contribution in [3.8, 4) is 0 Å². The Morgan fingerprint density at radius 3 is 2.92 bits per heavy atom. The van der Waals surface area contributed by atoms with Crippen LogP contribution in [0.5, 0.6) is 0 Å². The van der Waals surface area contributed by atoms with Gasteiger partial charge < -0.3 is 10.5 Å². The van der Waals surface area contributed by atoms with Crippen LogP contribution in [-0.2, 0) is 4.79 Å². The lowest BCUT2D eigenvalue weighted by Gasteiger charge is -2.05. The van der Waals surface area contributed by atoms with E-state index in [0.29, 0.717) is 11.4 Å². The largest absolute Gasteiger partial charge is 0.383 e. The lowest BCUT2D eigenvalue weighted by Crippen LogP contribution is -2.00. The molecule has 0 radical (unpaired) electrons. The van der Waals surface area contributed by atoms with Gasteiger partial charge in [0.15, 0.2) is 0 Å². The van der Waals surface area contributed by atoms with Crippen molar-refractivity contribution >= 4 is 44.0 Å². The van der Waals surface area contributed by atoms with Gasteiger partial charge in [0, 0.05) is 16.2 Å². The number of nitrogen functional groups attached to an aromatic ring is 1. The van der Waals surface area contributed by atoms with Gasteiger partial charge in [0.2, 0.25) is 0 Å². The van der Waals surface area contributed by atoms with Gasteiger partial charge >= 0.3 is 0 Å². The highest BCUT2D eigenvalue weighted by atomic mass is 79.9. The summed E-state index contributed by atoms with van der Waals surface area (Å²) in [6.07, 6.45) is 2.35. The number of hydrogen-bond acceptors (Lipinski definition) is 3. The Labute approximate surface area is 86.6 Å². The van der Waals surface area contributed by atoms with E-state index in [1.54, 1.807) is 12.3 Å². The van der Waals surface area contributed by atoms with Gasteiger partial charge in [0.25, 0.3) is 0 Å². The molecule has 3 nitrogen and oxygen atoms in total. The number of aldehydes is 1. The summed E-state index contributed by atoms with van der Waals surface area (Å²) >= 11 is 6.40. The van der Waals surface area contributed by atoms with Crippen LogP contribution in [0.25, 0.3) is 0 Å². The Morgan fingerprint density at radius 1 is 1.67 bits per heavy atom. The quantitative estimate of drug-likeness (QED) is 0.671. The average Bonchev–Trinajstić information content (AvgIpc) is 2.08. The van der Waals surface area contributed by atoms with Gasteiger partial charge in [-0.05, 0) is 22.0 Å². The second-order valence-electron chi connectivity index (χ2n) is 2.17. The number of halogens is 2. The van der Waals surface area contributed by atoms with Crippen LogP contribution in [-0.4, -0.2) is 11.3 Å². The van der Waals surface area contributed by atoms with Crippen LogP contribution in [0.3, 0.4) is 0 Å². The fourth-order valence-electron chi connectivity index (χ4n) is 0.760. The molecule has 12 heavy (non-hydrogen) atoms. The summed E-state index contributed by atoms with van der Waals surface area (Å²) in [6.45, 7) is 0. The van der Waals surface area contributed by atoms with Gasteiger partial charge in [-0.2, -0.15) is 0 Å². The van der Waals surface area contributed by atoms with Crippen molar-refractivity contribution in [3.05, 3.63) is 22.3 Å². The van der Waals surface area contributed by atoms with E-state index in [4.69, 9.17) is 5.73 Å². The molecule has 0 amide bonds. The van der Waals surface area contributed by atoms with E-state index < -0.39 is 0 Å². The standard InChI is InChI=1S/C7H6Br2N2O/c8-4-1-5(6(9)3-12)7(10)11-2-4/h1-3,6H,(H2,10,11). The third-order valence-electron chi connectivity index (χ3n) is 1.33. The fourth-order valence-corrected chi connectivity index (χ4v) is 1.48. The van der Waals surface area contributed by atoms with Crippen molar-refractivity contribution in [1.82, 2.24) is 4.98 Å². The summed E-state index contributed by atoms with van der Waals surface area (Å²) in [7, 11) is 0. The van der Waals surface area contributed by atoms with E-state index >= 15 is 0 Å². The van der Waals surface area contributed by atoms with E-state index in [2.05, 4.69) is 36.8 Å². The Morgan fingerprint density at radius 2 is 2.33 bits per heavy atom. The topological polar surface area (TPSA) is 56.0 Å². The van der Waals surface area contributed by atoms with E-state index in [1.807, 2.05) is 0 Å². The molecule has 0 saturated heterocycles. The molecule has 0 spiro atoms. The van der Waals surface area contributed by atoms with Gasteiger partial charge in [-0.15, -0.1) is 0 Å². The highest BCUT2D eigenvalue weighted by Gasteiger charge is 2.10. The second-order valence-corrected chi connectivity index (χ2v) is 4.07. The molecular formula is C7H6Br2N2O. The molecule has 0 fully saturated rings. The van der Waals surface area contributed by atoms with Gasteiger partial charge in [-0.25, -0.2) is 4.98 Å². The minimum atomic E-state index is -0.387. The zero-order chi connectivity index (χ0) is 9.14. The minimum absolute atomic E-state index is 0.368. The number of pyridine rings is 1. The van der Waals surface area contributed by atoms with Gasteiger partial charge in [0.05, 0.1) is 4.83 Å². The number of anilines is 1. The molecule has 1 heterocycles. The summed E-state index contributed by atoms with van der Waals surface area (Å²) in [6, 6.07) is 1.76. The number of aromatic nitrogens is 1. The molecule has 0 bridgehead atoms. The van der Waals surface area contributed by atoms with Crippen LogP contribution in [0.4, 0.5) is 5.82 Å². The van der Waals surface area contributed by atoms with Crippen molar-refractivity contribution in [2.24, 2.45) is 0 Å². The predicted molar refractivity (Wildman–Crippen MR) is 54.1 cm³/mol. The minimum Gasteiger partial charge on any atom is -0.383 e. The Balaban J connectivity index is 3.12. The maximum atomic E-state index is 10.4. The molecule has 1 unspecified atom stereocenters. The Kier molecular flexibility index (Phi) is 3.22. The molecule has 0 aromatic carbocycles. The number of hydrogen-bond donors (Lipinski definition) is 1. The lowest BCUT2D eigenvalue weighted by atomic mass is 10.2. The number of alkyl halides is 1. The summed E-state index contributed by atoms with van der Waals surface area (Å²) < 4.78 is 0.804. The van der Waals surface area contributed by atoms with Crippen LogP contribution in [0.1, 0.15) is 10.4 Å². The van der Waals surface area contributed by atoms with Gasteiger partial charge in [0.1, 0.15) is 12.1 Å². The molecule has 2 N–H and O–H groups in total. The number of rotatable bonds is 2. The Hall–Kier alpha value is -0.420. The lowest BCUT2D eigenvalue weighted by molar-refractivity contribution is -0.107. The SMILES string of the molecule is Nc1ncc(Br)cc1C(Br)C=O. The maximum Gasteiger partial charge on any atom is 0.138 e. The number of carbonyl (C=O) groups excluding carboxylic acids is 1. The van der Waals surface area contributed by atoms with E-state index in [-0.39, 0.29) is 4.83 Å². The molecule has 1 aromatic rings. The summed E-state index contributed by atoms with van der Waals surface area (Å²) in [5.74, 6) is 0.368. The molecule has 0 aliphatic heterocycles. The maximum absolute atomic E-state index is 10.4. The normalized spacial score (nSPS) is 12.5. The highest BCUT2D eigenvalue weighted by molar-refractivity contribution is 9.10. The van der Waals surface area contributed by atoms with Crippen LogP contribution in [0.15, 0.2) is 16.7 Å². The first-order valence-electron chi connectivity index (χ1n) is 3.15. The Bertz CT molecular complexity index is 303. The van der Waals surface area contributed by atoms with E-state index in [0.717, 1.165) is 10.8 Å². The molecule has 0 aliphatic rings. The number of nitrogens with two attached hydrogens (primary N) is 1. The molecule has 64 valence electrons. The number of carbonyl (C=O) groups is 1. The fraction of sp³-hybridized carbons (Fsp3) is 0.143. The van der Waals surface area contributed by atoms with Crippen LogP contribution >= 0.6 is 31.9 Å². The van der Waals surface area contributed by atoms with Gasteiger partial charge in [-0.1, -0.05) is 15.9 Å². The van der Waals surface area contributed by atoms with Crippen molar-refractivity contribution in [3.63, 3.8) is 0 Å². The molecule has 1 atom stereocenters. The summed E-state index contributed by atoms with van der Waals surface area (Å²) in [4.78, 5) is 13.9. The highest BCUT2D eigenvalue weighted by Crippen LogP contribution is 2.26. The molecule has 0 aliphatic carbocycles. The number of nitrogens with zero attached hydrogens (tertiary/aromatic N) is 1. The molecule has 1 aromatic heterocycles. The predicted octanol–water partition coefficient (Wildman–Crippen LogP) is 2.06. The van der Waals surface area contributed by atoms with Crippen molar-refractivity contribution in [2.45, 2.75) is 4.83 Å². The van der Waals surface area contributed by atoms with Gasteiger partial charge in [-0.3, -0.25) is 0 Å². The first kappa shape index (κ1) is 9.67. The summed E-state index contributed by atoms with van der Waals surface area (Å²) in [5, 5.41) is 0. The molecular weight excluding hydrogens is 288 g/mol. The zero-order valence-corrected chi connectivity index (χ0v) is 9.17. The first-order chi connectivity index (χ1) is 5.65. The monoisotopic (exact) mass is 292 g/mol. The van der Waals surface area contributed by atoms with Crippen LogP contribution in [0.2, 0.25) is 0 Å². The van der Waals surface area contributed by atoms with Crippen molar-refractivity contribution in [1.29, 1.82) is 0 Å². The summed E-state index contributed by atoms with van der Waals surface area (Å²) in [5.41, 5.74) is 6.23. The van der Waals surface area contributed by atoms with Crippen molar-refractivity contribution < 1.29 is 4.79 Å². The first-order valence-corrected chi connectivity index (χ1v) is 4.86. The third-order valence-corrected chi connectivity index (χ3v) is 2.48. The zero-order valence-electron chi connectivity index (χ0n) is 6.00. The molecule has 0 saturated carbocycles. The molecule has 5 heteroatoms. The smallest absolute Gasteiger partial charge is 0.138 e. The van der Waals surface area contributed by atoms with Crippen molar-refractivity contribution in [2.75, 3.05) is 5.73 Å². The molecule has 1 rings (SSSR count). The van der Waals surface area contributed by atoms with E-state index in [9.17, 15) is 4.79 Å². The second kappa shape index (κ2) is 4.00.